The number of ether oxygens (including phenoxy) is 1. The van der Waals surface area contributed by atoms with Crippen molar-refractivity contribution in [2.75, 3.05) is 6.54 Å². The van der Waals surface area contributed by atoms with Crippen LogP contribution in [0.2, 0.25) is 10.0 Å². The number of aliphatic carboxylic acids is 1. The van der Waals surface area contributed by atoms with E-state index in [0.29, 0.717) is 15.6 Å². The smallest absolute Gasteiger partial charge is 0.323 e. The molecule has 1 amide bonds. The zero-order valence-electron chi connectivity index (χ0n) is 18.8. The first kappa shape index (κ1) is 24.1. The highest BCUT2D eigenvalue weighted by molar-refractivity contribution is 6.30. The van der Waals surface area contributed by atoms with Crippen LogP contribution in [0.1, 0.15) is 40.4 Å². The number of carbonyl (C=O) groups is 2. The Labute approximate surface area is 208 Å². The molecular weight excluding hydrogens is 473 g/mol. The second-order valence-electron chi connectivity index (χ2n) is 8.86. The Morgan fingerprint density at radius 2 is 1.76 bits per heavy atom. The molecule has 0 aliphatic carbocycles. The lowest BCUT2D eigenvalue weighted by Gasteiger charge is -2.36. The number of halogens is 2. The molecule has 3 aromatic carbocycles. The third-order valence-corrected chi connectivity index (χ3v) is 6.44. The van der Waals surface area contributed by atoms with Gasteiger partial charge in [-0.05, 0) is 78.9 Å². The topological polar surface area (TPSA) is 66.8 Å². The molecule has 0 unspecified atom stereocenters. The van der Waals surface area contributed by atoms with E-state index < -0.39 is 12.5 Å². The fourth-order valence-corrected chi connectivity index (χ4v) is 4.62. The Morgan fingerprint density at radius 3 is 2.47 bits per heavy atom. The number of carbonyl (C=O) groups excluding carboxylic acids is 1. The fourth-order valence-electron chi connectivity index (χ4n) is 4.28. The highest BCUT2D eigenvalue weighted by Crippen LogP contribution is 2.36. The maximum atomic E-state index is 13.2. The van der Waals surface area contributed by atoms with Gasteiger partial charge in [0, 0.05) is 28.6 Å². The Balaban J connectivity index is 1.51. The van der Waals surface area contributed by atoms with Crippen molar-refractivity contribution in [1.29, 1.82) is 0 Å². The van der Waals surface area contributed by atoms with E-state index in [1.165, 1.54) is 4.90 Å². The third kappa shape index (κ3) is 5.91. The van der Waals surface area contributed by atoms with E-state index in [0.717, 1.165) is 41.7 Å². The second kappa shape index (κ2) is 10.1. The standard InChI is InChI=1S/C27H25Cl2NO4/c1-27(15-18-5-8-22(28)9-6-18)12-11-20-14-21(7-10-24(20)34-27)26(33)30(17-25(31)32)16-19-3-2-4-23(29)13-19/h2-10,13-14H,11-12,15-17H2,1H3,(H,31,32)/t27-/m0/s1. The van der Waals surface area contributed by atoms with E-state index in [4.69, 9.17) is 27.9 Å². The highest BCUT2D eigenvalue weighted by Gasteiger charge is 2.32. The van der Waals surface area contributed by atoms with Gasteiger partial charge in [-0.15, -0.1) is 0 Å². The Kier molecular flexibility index (Phi) is 7.15. The molecular formula is C27H25Cl2NO4. The second-order valence-corrected chi connectivity index (χ2v) is 9.74. The largest absolute Gasteiger partial charge is 0.487 e. The predicted octanol–water partition coefficient (Wildman–Crippen LogP) is 6.05. The van der Waals surface area contributed by atoms with E-state index in [2.05, 4.69) is 6.92 Å². The molecule has 1 atom stereocenters. The molecule has 0 bridgehead atoms. The normalized spacial score (nSPS) is 16.9. The van der Waals surface area contributed by atoms with E-state index in [9.17, 15) is 14.7 Å². The SMILES string of the molecule is C[C@@]1(Cc2ccc(Cl)cc2)CCc2cc(C(=O)N(CC(=O)O)Cc3cccc(Cl)c3)ccc2O1. The lowest BCUT2D eigenvalue weighted by molar-refractivity contribution is -0.137. The molecule has 3 aromatic rings. The van der Waals surface area contributed by atoms with E-state index in [1.807, 2.05) is 36.4 Å². The zero-order valence-corrected chi connectivity index (χ0v) is 20.3. The molecule has 176 valence electrons. The van der Waals surface area contributed by atoms with Gasteiger partial charge in [-0.25, -0.2) is 0 Å². The monoisotopic (exact) mass is 497 g/mol. The fraction of sp³-hybridized carbons (Fsp3) is 0.259. The summed E-state index contributed by atoms with van der Waals surface area (Å²) in [4.78, 5) is 26.0. The van der Waals surface area contributed by atoms with E-state index in [1.54, 1.807) is 30.3 Å². The van der Waals surface area contributed by atoms with Crippen LogP contribution in [0.3, 0.4) is 0 Å². The Morgan fingerprint density at radius 1 is 1.00 bits per heavy atom. The average molecular weight is 498 g/mol. The first-order valence-corrected chi connectivity index (χ1v) is 11.8. The van der Waals surface area contributed by atoms with Crippen molar-refractivity contribution < 1.29 is 19.4 Å². The summed E-state index contributed by atoms with van der Waals surface area (Å²) >= 11 is 12.0. The van der Waals surface area contributed by atoms with Crippen molar-refractivity contribution in [2.45, 2.75) is 38.3 Å². The van der Waals surface area contributed by atoms with Gasteiger partial charge >= 0.3 is 5.97 Å². The molecule has 7 heteroatoms. The van der Waals surface area contributed by atoms with Gasteiger partial charge in [-0.1, -0.05) is 47.5 Å². The summed E-state index contributed by atoms with van der Waals surface area (Å²) in [7, 11) is 0. The summed E-state index contributed by atoms with van der Waals surface area (Å²) < 4.78 is 6.36. The molecule has 4 rings (SSSR count). The van der Waals surface area contributed by atoms with Gasteiger partial charge in [0.1, 0.15) is 17.9 Å². The minimum absolute atomic E-state index is 0.151. The summed E-state index contributed by atoms with van der Waals surface area (Å²) in [6.07, 6.45) is 2.30. The van der Waals surface area contributed by atoms with Crippen LogP contribution in [-0.4, -0.2) is 34.0 Å². The van der Waals surface area contributed by atoms with Crippen molar-refractivity contribution in [3.63, 3.8) is 0 Å². The maximum absolute atomic E-state index is 13.2. The minimum Gasteiger partial charge on any atom is -0.487 e. The molecule has 34 heavy (non-hydrogen) atoms. The number of fused-ring (bicyclic) bond motifs is 1. The van der Waals surface area contributed by atoms with Gasteiger partial charge in [-0.2, -0.15) is 0 Å². The van der Waals surface area contributed by atoms with Crippen LogP contribution in [-0.2, 0) is 24.2 Å². The molecule has 0 aromatic heterocycles. The molecule has 5 nitrogen and oxygen atoms in total. The Hall–Kier alpha value is -3.02. The van der Waals surface area contributed by atoms with Gasteiger partial charge in [-0.3, -0.25) is 9.59 Å². The van der Waals surface area contributed by atoms with Crippen LogP contribution < -0.4 is 4.74 Å². The Bertz CT molecular complexity index is 1210. The number of carboxylic acids is 1. The minimum atomic E-state index is -1.07. The number of hydrogen-bond acceptors (Lipinski definition) is 3. The number of carboxylic acid groups (broad SMARTS) is 1. The van der Waals surface area contributed by atoms with Crippen molar-refractivity contribution >= 4 is 35.1 Å². The summed E-state index contributed by atoms with van der Waals surface area (Å²) in [6, 6.07) is 20.1. The molecule has 0 saturated carbocycles. The quantitative estimate of drug-likeness (QED) is 0.431. The lowest BCUT2D eigenvalue weighted by atomic mass is 9.87. The van der Waals surface area contributed by atoms with Crippen LogP contribution in [0.25, 0.3) is 0 Å². The van der Waals surface area contributed by atoms with Crippen molar-refractivity contribution in [2.24, 2.45) is 0 Å². The zero-order chi connectivity index (χ0) is 24.3. The van der Waals surface area contributed by atoms with Gasteiger partial charge in [0.05, 0.1) is 0 Å². The maximum Gasteiger partial charge on any atom is 0.323 e. The third-order valence-electron chi connectivity index (χ3n) is 5.95. The van der Waals surface area contributed by atoms with Crippen LogP contribution in [0, 0.1) is 0 Å². The molecule has 1 aliphatic rings. The van der Waals surface area contributed by atoms with Crippen LogP contribution in [0.15, 0.2) is 66.7 Å². The molecule has 0 radical (unpaired) electrons. The summed E-state index contributed by atoms with van der Waals surface area (Å²) in [5, 5.41) is 10.6. The molecule has 0 spiro atoms. The first-order chi connectivity index (χ1) is 16.2. The predicted molar refractivity (Wildman–Crippen MR) is 133 cm³/mol. The summed E-state index contributed by atoms with van der Waals surface area (Å²) in [6.45, 7) is 1.83. The van der Waals surface area contributed by atoms with Crippen LogP contribution >= 0.6 is 23.2 Å². The molecule has 0 saturated heterocycles. The van der Waals surface area contributed by atoms with Gasteiger partial charge < -0.3 is 14.7 Å². The van der Waals surface area contributed by atoms with Crippen molar-refractivity contribution in [3.8, 4) is 5.75 Å². The average Bonchev–Trinajstić information content (AvgIpc) is 2.79. The van der Waals surface area contributed by atoms with Crippen LogP contribution in [0.5, 0.6) is 5.75 Å². The highest BCUT2D eigenvalue weighted by atomic mass is 35.5. The number of rotatable bonds is 7. The molecule has 0 fully saturated rings. The van der Waals surface area contributed by atoms with Gasteiger partial charge in [0.25, 0.3) is 5.91 Å². The summed E-state index contributed by atoms with van der Waals surface area (Å²) in [5.41, 5.74) is 2.92. The summed E-state index contributed by atoms with van der Waals surface area (Å²) in [5.74, 6) is -0.673. The van der Waals surface area contributed by atoms with E-state index >= 15 is 0 Å². The van der Waals surface area contributed by atoms with E-state index in [-0.39, 0.29) is 18.1 Å². The number of amides is 1. The van der Waals surface area contributed by atoms with Gasteiger partial charge in [0.2, 0.25) is 0 Å². The number of hydrogen-bond donors (Lipinski definition) is 1. The molecule has 1 aliphatic heterocycles. The molecule has 1 N–H and O–H groups in total. The lowest BCUT2D eigenvalue weighted by Crippen LogP contribution is -2.39. The first-order valence-electron chi connectivity index (χ1n) is 11.0. The number of benzene rings is 3. The number of nitrogens with zero attached hydrogens (tertiary/aromatic N) is 1. The van der Waals surface area contributed by atoms with Gasteiger partial charge in [0.15, 0.2) is 0 Å². The van der Waals surface area contributed by atoms with Crippen LogP contribution in [0.4, 0.5) is 0 Å². The number of aryl methyl sites for hydroxylation is 1. The van der Waals surface area contributed by atoms with Crippen molar-refractivity contribution in [3.05, 3.63) is 99.0 Å². The van der Waals surface area contributed by atoms with Crippen molar-refractivity contribution in [1.82, 2.24) is 4.90 Å². The molecule has 1 heterocycles.